The van der Waals surface area contributed by atoms with Crippen molar-refractivity contribution in [1.82, 2.24) is 0 Å². The van der Waals surface area contributed by atoms with E-state index >= 15 is 0 Å². The predicted molar refractivity (Wildman–Crippen MR) is 94.2 cm³/mol. The van der Waals surface area contributed by atoms with E-state index in [1.165, 1.54) is 74.2 Å². The van der Waals surface area contributed by atoms with Crippen molar-refractivity contribution in [2.24, 2.45) is 5.90 Å². The normalized spacial score (nSPS) is 11.0. The zero-order valence-electron chi connectivity index (χ0n) is 13.2. The van der Waals surface area contributed by atoms with Gasteiger partial charge in [0.15, 0.2) is 0 Å². The van der Waals surface area contributed by atoms with Crippen molar-refractivity contribution in [2.75, 3.05) is 6.61 Å². The molecule has 0 bridgehead atoms. The van der Waals surface area contributed by atoms with Gasteiger partial charge in [0.1, 0.15) is 0 Å². The third-order valence-electron chi connectivity index (χ3n) is 3.92. The van der Waals surface area contributed by atoms with Crippen LogP contribution >= 0.6 is 15.9 Å². The second kappa shape index (κ2) is 13.3. The Labute approximate surface area is 138 Å². The Morgan fingerprint density at radius 1 is 0.762 bits per heavy atom. The van der Waals surface area contributed by atoms with E-state index < -0.39 is 0 Å². The molecule has 0 heterocycles. The lowest BCUT2D eigenvalue weighted by molar-refractivity contribution is 0.133. The molecule has 120 valence electrons. The first-order valence-corrected chi connectivity index (χ1v) is 9.19. The van der Waals surface area contributed by atoms with Gasteiger partial charge in [-0.15, -0.1) is 0 Å². The lowest BCUT2D eigenvalue weighted by Crippen LogP contribution is -2.00. The first-order valence-electron chi connectivity index (χ1n) is 8.39. The van der Waals surface area contributed by atoms with Crippen molar-refractivity contribution >= 4 is 15.9 Å². The van der Waals surface area contributed by atoms with E-state index in [1.807, 2.05) is 0 Å². The van der Waals surface area contributed by atoms with Crippen LogP contribution in [0.2, 0.25) is 0 Å². The number of hydrogen-bond acceptors (Lipinski definition) is 2. The molecule has 0 saturated carbocycles. The Morgan fingerprint density at radius 2 is 1.29 bits per heavy atom. The largest absolute Gasteiger partial charge is 0.305 e. The quantitative estimate of drug-likeness (QED) is 0.359. The van der Waals surface area contributed by atoms with Crippen molar-refractivity contribution in [3.63, 3.8) is 0 Å². The van der Waals surface area contributed by atoms with Crippen LogP contribution in [-0.2, 0) is 11.3 Å². The number of rotatable bonds is 13. The second-order valence-electron chi connectivity index (χ2n) is 5.75. The van der Waals surface area contributed by atoms with Gasteiger partial charge in [0, 0.05) is 4.47 Å². The summed E-state index contributed by atoms with van der Waals surface area (Å²) in [6.45, 7) is 0.706. The molecule has 0 amide bonds. The molecule has 2 N–H and O–H groups in total. The summed E-state index contributed by atoms with van der Waals surface area (Å²) >= 11 is 3.62. The van der Waals surface area contributed by atoms with Gasteiger partial charge in [-0.2, -0.15) is 0 Å². The van der Waals surface area contributed by atoms with E-state index in [-0.39, 0.29) is 0 Å². The molecule has 0 atom stereocenters. The Balaban J connectivity index is 1.84. The van der Waals surface area contributed by atoms with Gasteiger partial charge in [0.05, 0.1) is 6.61 Å². The van der Waals surface area contributed by atoms with Crippen LogP contribution in [-0.4, -0.2) is 6.61 Å². The molecule has 0 aliphatic carbocycles. The second-order valence-corrected chi connectivity index (χ2v) is 6.60. The van der Waals surface area contributed by atoms with Crippen LogP contribution in [0.15, 0.2) is 28.7 Å². The van der Waals surface area contributed by atoms with Gasteiger partial charge in [-0.1, -0.05) is 85.5 Å². The first kappa shape index (κ1) is 18.7. The average molecular weight is 356 g/mol. The number of unbranched alkanes of at least 4 members (excludes halogenated alkanes) is 9. The lowest BCUT2D eigenvalue weighted by atomic mass is 10.0. The van der Waals surface area contributed by atoms with Crippen LogP contribution in [0.4, 0.5) is 0 Å². The van der Waals surface area contributed by atoms with E-state index in [0.29, 0.717) is 6.61 Å². The topological polar surface area (TPSA) is 35.2 Å². The van der Waals surface area contributed by atoms with Crippen LogP contribution in [0.5, 0.6) is 0 Å². The number of benzene rings is 1. The minimum Gasteiger partial charge on any atom is -0.305 e. The lowest BCUT2D eigenvalue weighted by Gasteiger charge is -2.05. The van der Waals surface area contributed by atoms with E-state index in [1.54, 1.807) is 0 Å². The number of aryl methyl sites for hydroxylation is 1. The van der Waals surface area contributed by atoms with Crippen molar-refractivity contribution in [1.29, 1.82) is 0 Å². The summed E-state index contributed by atoms with van der Waals surface area (Å²) in [5.41, 5.74) is 1.44. The highest BCUT2D eigenvalue weighted by Crippen LogP contribution is 2.19. The summed E-state index contributed by atoms with van der Waals surface area (Å²) in [5, 5.41) is 0. The fourth-order valence-corrected chi connectivity index (χ4v) is 3.10. The molecule has 0 unspecified atom stereocenters. The zero-order chi connectivity index (χ0) is 15.2. The van der Waals surface area contributed by atoms with Crippen LogP contribution in [0.1, 0.15) is 69.8 Å². The number of hydrogen-bond donors (Lipinski definition) is 1. The SMILES string of the molecule is NOCCCCCCCCCCCCc1ccccc1Br. The van der Waals surface area contributed by atoms with E-state index in [0.717, 1.165) is 6.42 Å². The summed E-state index contributed by atoms with van der Waals surface area (Å²) in [6, 6.07) is 8.56. The van der Waals surface area contributed by atoms with Gasteiger partial charge in [-0.05, 0) is 30.9 Å². The molecule has 0 aliphatic rings. The predicted octanol–water partition coefficient (Wildman–Crippen LogP) is 5.78. The minimum absolute atomic E-state index is 0.706. The fourth-order valence-electron chi connectivity index (χ4n) is 2.62. The smallest absolute Gasteiger partial charge is 0.0679 e. The van der Waals surface area contributed by atoms with Crippen molar-refractivity contribution in [2.45, 2.75) is 70.6 Å². The fraction of sp³-hybridized carbons (Fsp3) is 0.667. The first-order chi connectivity index (χ1) is 10.3. The molecular weight excluding hydrogens is 326 g/mol. The van der Waals surface area contributed by atoms with Gasteiger partial charge in [0.2, 0.25) is 0 Å². The molecule has 1 aromatic rings. The molecule has 21 heavy (non-hydrogen) atoms. The van der Waals surface area contributed by atoms with Gasteiger partial charge in [-0.25, -0.2) is 5.90 Å². The summed E-state index contributed by atoms with van der Waals surface area (Å²) in [5.74, 6) is 4.99. The molecule has 0 radical (unpaired) electrons. The molecule has 0 saturated heterocycles. The summed E-state index contributed by atoms with van der Waals surface area (Å²) < 4.78 is 1.25. The van der Waals surface area contributed by atoms with Gasteiger partial charge >= 0.3 is 0 Å². The van der Waals surface area contributed by atoms with Crippen LogP contribution in [0.3, 0.4) is 0 Å². The Hall–Kier alpha value is -0.380. The highest BCUT2D eigenvalue weighted by Gasteiger charge is 1.98. The van der Waals surface area contributed by atoms with Crippen molar-refractivity contribution < 1.29 is 4.84 Å². The molecule has 3 heteroatoms. The third kappa shape index (κ3) is 10.0. The molecular formula is C18H30BrNO. The average Bonchev–Trinajstić information content (AvgIpc) is 2.50. The molecule has 0 aromatic heterocycles. The van der Waals surface area contributed by atoms with Crippen LogP contribution < -0.4 is 5.90 Å². The molecule has 1 aromatic carbocycles. The summed E-state index contributed by atoms with van der Waals surface area (Å²) in [4.78, 5) is 4.56. The summed E-state index contributed by atoms with van der Waals surface area (Å²) in [7, 11) is 0. The number of nitrogens with two attached hydrogens (primary N) is 1. The van der Waals surface area contributed by atoms with E-state index in [9.17, 15) is 0 Å². The highest BCUT2D eigenvalue weighted by molar-refractivity contribution is 9.10. The zero-order valence-corrected chi connectivity index (χ0v) is 14.7. The molecule has 0 aliphatic heterocycles. The highest BCUT2D eigenvalue weighted by atomic mass is 79.9. The van der Waals surface area contributed by atoms with Gasteiger partial charge in [0.25, 0.3) is 0 Å². The molecule has 1 rings (SSSR count). The van der Waals surface area contributed by atoms with Crippen molar-refractivity contribution in [3.05, 3.63) is 34.3 Å². The van der Waals surface area contributed by atoms with Gasteiger partial charge in [-0.3, -0.25) is 0 Å². The molecule has 0 spiro atoms. The minimum atomic E-state index is 0.706. The maximum atomic E-state index is 4.99. The molecule has 0 fully saturated rings. The van der Waals surface area contributed by atoms with Crippen LogP contribution in [0.25, 0.3) is 0 Å². The maximum Gasteiger partial charge on any atom is 0.0679 e. The maximum absolute atomic E-state index is 4.99. The van der Waals surface area contributed by atoms with Crippen LogP contribution in [0, 0.1) is 0 Å². The Bertz CT molecular complexity index is 357. The monoisotopic (exact) mass is 355 g/mol. The molecule has 2 nitrogen and oxygen atoms in total. The Kier molecular flexibility index (Phi) is 11.8. The standard InChI is InChI=1S/C18H30BrNO/c19-18-15-11-10-14-17(18)13-9-7-5-3-1-2-4-6-8-12-16-21-20/h10-11,14-15H,1-9,12-13,16,20H2. The van der Waals surface area contributed by atoms with Crippen molar-refractivity contribution in [3.8, 4) is 0 Å². The van der Waals surface area contributed by atoms with Gasteiger partial charge < -0.3 is 4.84 Å². The van der Waals surface area contributed by atoms with E-state index in [4.69, 9.17) is 5.90 Å². The summed E-state index contributed by atoms with van der Waals surface area (Å²) in [6.07, 6.45) is 14.5. The Morgan fingerprint density at radius 3 is 1.86 bits per heavy atom. The third-order valence-corrected chi connectivity index (χ3v) is 4.69. The number of halogens is 1. The van der Waals surface area contributed by atoms with E-state index in [2.05, 4.69) is 45.0 Å².